The fraction of sp³-hybridized carbons (Fsp3) is 0.429. The number of fused-ring (bicyclic) bond motifs is 1. The van der Waals surface area contributed by atoms with Gasteiger partial charge in [-0.25, -0.2) is 0 Å². The molecule has 4 nitrogen and oxygen atoms in total. The third kappa shape index (κ3) is 2.23. The average molecular weight is 245 g/mol. The van der Waals surface area contributed by atoms with Crippen molar-refractivity contribution in [2.24, 2.45) is 7.05 Å². The van der Waals surface area contributed by atoms with Gasteiger partial charge in [-0.05, 0) is 23.1 Å². The van der Waals surface area contributed by atoms with Crippen LogP contribution in [0.2, 0.25) is 0 Å². The van der Waals surface area contributed by atoms with E-state index in [2.05, 4.69) is 43.3 Å². The molecule has 0 radical (unpaired) electrons. The highest BCUT2D eigenvalue weighted by molar-refractivity contribution is 5.99. The molecular formula is C14H19N3O. The fourth-order valence-electron chi connectivity index (χ4n) is 1.98. The minimum absolute atomic E-state index is 0.0809. The van der Waals surface area contributed by atoms with Crippen LogP contribution in [-0.4, -0.2) is 15.7 Å². The van der Waals surface area contributed by atoms with Gasteiger partial charge in [-0.15, -0.1) is 0 Å². The van der Waals surface area contributed by atoms with Gasteiger partial charge in [0.25, 0.3) is 0 Å². The first-order valence-corrected chi connectivity index (χ1v) is 6.04. The minimum Gasteiger partial charge on any atom is -0.311 e. The highest BCUT2D eigenvalue weighted by atomic mass is 16.1. The predicted octanol–water partition coefficient (Wildman–Crippen LogP) is 2.83. The molecule has 2 rings (SSSR count). The summed E-state index contributed by atoms with van der Waals surface area (Å²) in [5.74, 6) is 0.671. The molecule has 1 N–H and O–H groups in total. The zero-order chi connectivity index (χ0) is 13.5. The van der Waals surface area contributed by atoms with Gasteiger partial charge in [0.15, 0.2) is 0 Å². The summed E-state index contributed by atoms with van der Waals surface area (Å²) in [6.45, 7) is 8.01. The molecule has 0 bridgehead atoms. The van der Waals surface area contributed by atoms with Crippen molar-refractivity contribution in [1.29, 1.82) is 0 Å². The van der Waals surface area contributed by atoms with Crippen LogP contribution in [0.1, 0.15) is 33.3 Å². The molecule has 1 heterocycles. The van der Waals surface area contributed by atoms with Crippen molar-refractivity contribution in [3.8, 4) is 0 Å². The second kappa shape index (κ2) is 4.12. The van der Waals surface area contributed by atoms with Crippen molar-refractivity contribution >= 4 is 22.6 Å². The Hall–Kier alpha value is -1.84. The summed E-state index contributed by atoms with van der Waals surface area (Å²) in [5, 5.41) is 8.21. The second-order valence-electron chi connectivity index (χ2n) is 5.64. The number of aryl methyl sites for hydroxylation is 1. The molecule has 4 heteroatoms. The van der Waals surface area contributed by atoms with Gasteiger partial charge in [0.2, 0.25) is 5.91 Å². The molecule has 1 aromatic carbocycles. The van der Waals surface area contributed by atoms with Crippen molar-refractivity contribution in [1.82, 2.24) is 9.78 Å². The van der Waals surface area contributed by atoms with E-state index in [1.165, 1.54) is 12.5 Å². The normalized spacial score (nSPS) is 11.8. The SMILES string of the molecule is CC(=O)Nc1c2cc(C(C)(C)C)ccc2nn1C. The molecule has 0 aliphatic heterocycles. The van der Waals surface area contributed by atoms with Crippen molar-refractivity contribution in [2.45, 2.75) is 33.1 Å². The second-order valence-corrected chi connectivity index (χ2v) is 5.64. The fourth-order valence-corrected chi connectivity index (χ4v) is 1.98. The number of carbonyl (C=O) groups is 1. The van der Waals surface area contributed by atoms with E-state index in [0.717, 1.165) is 16.7 Å². The van der Waals surface area contributed by atoms with Crippen molar-refractivity contribution in [3.63, 3.8) is 0 Å². The minimum atomic E-state index is -0.0824. The molecule has 1 amide bonds. The number of amides is 1. The monoisotopic (exact) mass is 245 g/mol. The van der Waals surface area contributed by atoms with Crippen LogP contribution in [0, 0.1) is 0 Å². The number of hydrogen-bond acceptors (Lipinski definition) is 2. The lowest BCUT2D eigenvalue weighted by Gasteiger charge is -2.18. The van der Waals surface area contributed by atoms with Gasteiger partial charge in [0.05, 0.1) is 5.52 Å². The summed E-state index contributed by atoms with van der Waals surface area (Å²) in [7, 11) is 1.84. The topological polar surface area (TPSA) is 46.9 Å². The number of hydrogen-bond donors (Lipinski definition) is 1. The molecule has 1 aromatic heterocycles. The van der Waals surface area contributed by atoms with Crippen LogP contribution in [0.25, 0.3) is 10.9 Å². The molecule has 0 aliphatic rings. The number of anilines is 1. The first-order chi connectivity index (χ1) is 8.29. The lowest BCUT2D eigenvalue weighted by molar-refractivity contribution is -0.114. The van der Waals surface area contributed by atoms with Crippen LogP contribution >= 0.6 is 0 Å². The number of nitrogens with one attached hydrogen (secondary N) is 1. The summed E-state index contributed by atoms with van der Waals surface area (Å²) >= 11 is 0. The first-order valence-electron chi connectivity index (χ1n) is 6.04. The Morgan fingerprint density at radius 1 is 1.33 bits per heavy atom. The van der Waals surface area contributed by atoms with Gasteiger partial charge < -0.3 is 5.32 Å². The number of aromatic nitrogens is 2. The molecule has 0 spiro atoms. The molecule has 0 aliphatic carbocycles. The van der Waals surface area contributed by atoms with Crippen LogP contribution in [0.4, 0.5) is 5.82 Å². The third-order valence-electron chi connectivity index (χ3n) is 2.99. The first kappa shape index (κ1) is 12.6. The van der Waals surface area contributed by atoms with Crippen LogP contribution < -0.4 is 5.32 Å². The van der Waals surface area contributed by atoms with Crippen molar-refractivity contribution in [3.05, 3.63) is 23.8 Å². The van der Waals surface area contributed by atoms with Gasteiger partial charge >= 0.3 is 0 Å². The van der Waals surface area contributed by atoms with Gasteiger partial charge in [-0.1, -0.05) is 26.8 Å². The highest BCUT2D eigenvalue weighted by Crippen LogP contribution is 2.29. The van der Waals surface area contributed by atoms with E-state index < -0.39 is 0 Å². The summed E-state index contributed by atoms with van der Waals surface area (Å²) < 4.78 is 1.71. The van der Waals surface area contributed by atoms with Crippen LogP contribution in [-0.2, 0) is 17.3 Å². The Kier molecular flexibility index (Phi) is 2.89. The van der Waals surface area contributed by atoms with E-state index in [4.69, 9.17) is 0 Å². The zero-order valence-corrected chi connectivity index (χ0v) is 11.5. The summed E-state index contributed by atoms with van der Waals surface area (Å²) in [6.07, 6.45) is 0. The van der Waals surface area contributed by atoms with E-state index >= 15 is 0 Å². The van der Waals surface area contributed by atoms with E-state index in [-0.39, 0.29) is 11.3 Å². The summed E-state index contributed by atoms with van der Waals surface area (Å²) in [6, 6.07) is 6.20. The molecule has 0 unspecified atom stereocenters. The molecule has 0 atom stereocenters. The molecule has 0 saturated heterocycles. The van der Waals surface area contributed by atoms with Crippen LogP contribution in [0.15, 0.2) is 18.2 Å². The highest BCUT2D eigenvalue weighted by Gasteiger charge is 2.17. The quantitative estimate of drug-likeness (QED) is 0.839. The van der Waals surface area contributed by atoms with E-state index in [1.807, 2.05) is 13.1 Å². The number of benzene rings is 1. The third-order valence-corrected chi connectivity index (χ3v) is 2.99. The average Bonchev–Trinajstić information content (AvgIpc) is 2.53. The van der Waals surface area contributed by atoms with E-state index in [0.29, 0.717) is 0 Å². The number of nitrogens with zero attached hydrogens (tertiary/aromatic N) is 2. The maximum absolute atomic E-state index is 11.2. The Balaban J connectivity index is 2.63. The maximum atomic E-state index is 11.2. The van der Waals surface area contributed by atoms with Gasteiger partial charge in [-0.2, -0.15) is 5.10 Å². The van der Waals surface area contributed by atoms with Crippen LogP contribution in [0.3, 0.4) is 0 Å². The summed E-state index contributed by atoms with van der Waals surface area (Å²) in [5.41, 5.74) is 2.21. The van der Waals surface area contributed by atoms with Gasteiger partial charge in [-0.3, -0.25) is 9.48 Å². The van der Waals surface area contributed by atoms with E-state index in [1.54, 1.807) is 4.68 Å². The zero-order valence-electron chi connectivity index (χ0n) is 11.5. The molecular weight excluding hydrogens is 226 g/mol. The molecule has 18 heavy (non-hydrogen) atoms. The standard InChI is InChI=1S/C14H19N3O/c1-9(18)15-13-11-8-10(14(2,3)4)6-7-12(11)16-17(13)5/h6-8H,1-5H3,(H,15,18). The molecule has 2 aromatic rings. The van der Waals surface area contributed by atoms with Crippen molar-refractivity contribution < 1.29 is 4.79 Å². The maximum Gasteiger partial charge on any atom is 0.222 e. The Labute approximate surface area is 107 Å². The summed E-state index contributed by atoms with van der Waals surface area (Å²) in [4.78, 5) is 11.2. The van der Waals surface area contributed by atoms with Gasteiger partial charge in [0.1, 0.15) is 5.82 Å². The lowest BCUT2D eigenvalue weighted by atomic mass is 9.86. The number of carbonyl (C=O) groups excluding carboxylic acids is 1. The largest absolute Gasteiger partial charge is 0.311 e. The van der Waals surface area contributed by atoms with Crippen LogP contribution in [0.5, 0.6) is 0 Å². The molecule has 0 fully saturated rings. The Bertz CT molecular complexity index is 605. The molecule has 0 saturated carbocycles. The lowest BCUT2D eigenvalue weighted by Crippen LogP contribution is -2.11. The van der Waals surface area contributed by atoms with E-state index in [9.17, 15) is 4.79 Å². The molecule has 96 valence electrons. The Morgan fingerprint density at radius 2 is 2.00 bits per heavy atom. The number of rotatable bonds is 1. The predicted molar refractivity (Wildman–Crippen MR) is 73.7 cm³/mol. The van der Waals surface area contributed by atoms with Crippen molar-refractivity contribution in [2.75, 3.05) is 5.32 Å². The van der Waals surface area contributed by atoms with Gasteiger partial charge in [0, 0.05) is 19.4 Å². The smallest absolute Gasteiger partial charge is 0.222 e. The Morgan fingerprint density at radius 3 is 2.56 bits per heavy atom.